The van der Waals surface area contributed by atoms with Gasteiger partial charge in [-0.15, -0.1) is 0 Å². The molecule has 1 aromatic carbocycles. The van der Waals surface area contributed by atoms with Crippen LogP contribution in [0.5, 0.6) is 0 Å². The van der Waals surface area contributed by atoms with Gasteiger partial charge in [0.25, 0.3) is 0 Å². The number of carboxylic acid groups (broad SMARTS) is 1. The summed E-state index contributed by atoms with van der Waals surface area (Å²) in [6.07, 6.45) is 15.1. The van der Waals surface area contributed by atoms with E-state index in [0.29, 0.717) is 35.5 Å². The maximum atomic E-state index is 13.2. The number of hydrogen-bond donors (Lipinski definition) is 3. The Morgan fingerprint density at radius 3 is 2.68 bits per heavy atom. The van der Waals surface area contributed by atoms with E-state index in [4.69, 9.17) is 4.84 Å². The Bertz CT molecular complexity index is 1380. The van der Waals surface area contributed by atoms with Gasteiger partial charge in [-0.2, -0.15) is 0 Å². The van der Waals surface area contributed by atoms with E-state index in [1.807, 2.05) is 30.5 Å². The molecule has 6 rings (SSSR count). The maximum absolute atomic E-state index is 13.2. The van der Waals surface area contributed by atoms with E-state index in [9.17, 15) is 14.7 Å². The van der Waals surface area contributed by atoms with Crippen LogP contribution in [-0.2, 0) is 20.8 Å². The Kier molecular flexibility index (Phi) is 8.87. The minimum atomic E-state index is -0.885. The average molecular weight is 604 g/mol. The standard InChI is InChI=1S/C37H53N3O4/c1-23(9-14-34(41)39-27(21-35(42)43)19-24-22-38-33-8-6-5-7-28(24)33)30-12-13-31-29-11-10-25-20-26(40-44-4)15-17-36(25,2)32(29)16-18-37(30,31)3/h5-8,22-23,25,27,29-32,38H,9-21H2,1-4H3,(H,39,41)(H,42,43)/b40-26+/t23-,25-,27+,29+,30-,31+,32+,36+,37-/m1/s1. The molecule has 7 nitrogen and oxygen atoms in total. The summed E-state index contributed by atoms with van der Waals surface area (Å²) in [5.74, 6) is 3.42. The molecule has 4 aliphatic carbocycles. The molecule has 1 aromatic heterocycles. The highest BCUT2D eigenvalue weighted by Gasteiger charge is 2.60. The molecule has 9 atom stereocenters. The number of H-pyrrole nitrogens is 1. The van der Waals surface area contributed by atoms with E-state index < -0.39 is 12.0 Å². The molecule has 0 bridgehead atoms. The van der Waals surface area contributed by atoms with Crippen LogP contribution in [0.2, 0.25) is 0 Å². The van der Waals surface area contributed by atoms with E-state index in [-0.39, 0.29) is 12.3 Å². The fraction of sp³-hybridized carbons (Fsp3) is 0.703. The van der Waals surface area contributed by atoms with Crippen molar-refractivity contribution in [3.8, 4) is 0 Å². The van der Waals surface area contributed by atoms with Crippen LogP contribution in [0.25, 0.3) is 10.9 Å². The average Bonchev–Trinajstić information content (AvgIpc) is 3.56. The predicted molar refractivity (Wildman–Crippen MR) is 174 cm³/mol. The van der Waals surface area contributed by atoms with E-state index >= 15 is 0 Å². The lowest BCUT2D eigenvalue weighted by atomic mass is 9.44. The van der Waals surface area contributed by atoms with Crippen molar-refractivity contribution in [2.75, 3.05) is 7.11 Å². The highest BCUT2D eigenvalue weighted by Crippen LogP contribution is 2.68. The van der Waals surface area contributed by atoms with Gasteiger partial charge >= 0.3 is 5.97 Å². The maximum Gasteiger partial charge on any atom is 0.305 e. The van der Waals surface area contributed by atoms with Gasteiger partial charge in [0.1, 0.15) is 7.11 Å². The van der Waals surface area contributed by atoms with Crippen LogP contribution in [0.4, 0.5) is 0 Å². The van der Waals surface area contributed by atoms with Crippen molar-refractivity contribution in [3.05, 3.63) is 36.0 Å². The number of aromatic amines is 1. The van der Waals surface area contributed by atoms with E-state index in [0.717, 1.165) is 59.4 Å². The lowest BCUT2D eigenvalue weighted by Crippen LogP contribution is -2.53. The topological polar surface area (TPSA) is 104 Å². The molecule has 4 saturated carbocycles. The molecule has 4 aliphatic rings. The molecule has 240 valence electrons. The molecule has 0 unspecified atom stereocenters. The Labute approximate surface area is 263 Å². The summed E-state index contributed by atoms with van der Waals surface area (Å²) in [6, 6.07) is 7.60. The summed E-state index contributed by atoms with van der Waals surface area (Å²) in [5, 5.41) is 18.1. The highest BCUT2D eigenvalue weighted by atomic mass is 16.6. The van der Waals surface area contributed by atoms with Crippen LogP contribution < -0.4 is 5.32 Å². The van der Waals surface area contributed by atoms with Crippen LogP contribution in [0, 0.1) is 46.3 Å². The van der Waals surface area contributed by atoms with Crippen molar-refractivity contribution >= 4 is 28.5 Å². The first-order valence-electron chi connectivity index (χ1n) is 17.3. The van der Waals surface area contributed by atoms with Crippen molar-refractivity contribution in [3.63, 3.8) is 0 Å². The second kappa shape index (κ2) is 12.5. The molecule has 0 aliphatic heterocycles. The number of aliphatic carboxylic acids is 1. The largest absolute Gasteiger partial charge is 0.481 e. The van der Waals surface area contributed by atoms with Gasteiger partial charge in [0.2, 0.25) is 5.91 Å². The molecule has 0 saturated heterocycles. The van der Waals surface area contributed by atoms with Crippen LogP contribution in [-0.4, -0.2) is 40.8 Å². The van der Waals surface area contributed by atoms with Crippen LogP contribution in [0.15, 0.2) is 35.6 Å². The second-order valence-corrected chi connectivity index (χ2v) is 15.4. The first kappa shape index (κ1) is 31.2. The Morgan fingerprint density at radius 1 is 1.09 bits per heavy atom. The summed E-state index contributed by atoms with van der Waals surface area (Å²) in [5.41, 5.74) is 4.12. The summed E-state index contributed by atoms with van der Waals surface area (Å²) in [4.78, 5) is 33.3. The molecule has 4 fully saturated rings. The molecular weight excluding hydrogens is 550 g/mol. The number of amides is 1. The van der Waals surface area contributed by atoms with Crippen LogP contribution in [0.1, 0.15) is 103 Å². The van der Waals surface area contributed by atoms with Gasteiger partial charge in [0.15, 0.2) is 0 Å². The van der Waals surface area contributed by atoms with Gasteiger partial charge in [-0.25, -0.2) is 0 Å². The van der Waals surface area contributed by atoms with E-state index in [1.54, 1.807) is 7.11 Å². The van der Waals surface area contributed by atoms with E-state index in [1.165, 1.54) is 50.7 Å². The summed E-state index contributed by atoms with van der Waals surface area (Å²) in [6.45, 7) is 7.56. The number of aromatic nitrogens is 1. The molecule has 7 heteroatoms. The zero-order chi connectivity index (χ0) is 31.1. The fourth-order valence-corrected chi connectivity index (χ4v) is 11.1. The second-order valence-electron chi connectivity index (χ2n) is 15.4. The summed E-state index contributed by atoms with van der Waals surface area (Å²) >= 11 is 0. The van der Waals surface area contributed by atoms with Gasteiger partial charge in [0.05, 0.1) is 12.1 Å². The number of fused-ring (bicyclic) bond motifs is 6. The van der Waals surface area contributed by atoms with Crippen molar-refractivity contribution in [1.29, 1.82) is 0 Å². The first-order valence-corrected chi connectivity index (χ1v) is 17.3. The van der Waals surface area contributed by atoms with Gasteiger partial charge in [-0.3, -0.25) is 9.59 Å². The first-order chi connectivity index (χ1) is 21.1. The van der Waals surface area contributed by atoms with Gasteiger partial charge in [0, 0.05) is 29.6 Å². The smallest absolute Gasteiger partial charge is 0.305 e. The van der Waals surface area contributed by atoms with Gasteiger partial charge in [-0.05, 0) is 129 Å². The number of benzene rings is 1. The highest BCUT2D eigenvalue weighted by molar-refractivity contribution is 5.85. The third-order valence-electron chi connectivity index (χ3n) is 13.2. The molecule has 3 N–H and O–H groups in total. The Hall–Kier alpha value is -2.83. The number of carbonyl (C=O) groups is 2. The van der Waals surface area contributed by atoms with Crippen molar-refractivity contribution in [2.24, 2.45) is 51.5 Å². The van der Waals surface area contributed by atoms with Crippen molar-refractivity contribution < 1.29 is 19.5 Å². The predicted octanol–water partition coefficient (Wildman–Crippen LogP) is 7.75. The minimum absolute atomic E-state index is 0.0220. The molecule has 0 radical (unpaired) electrons. The molecule has 1 amide bonds. The number of nitrogens with zero attached hydrogens (tertiary/aromatic N) is 1. The number of carboxylic acids is 1. The molecule has 2 aromatic rings. The molecular formula is C37H53N3O4. The molecule has 1 heterocycles. The monoisotopic (exact) mass is 603 g/mol. The van der Waals surface area contributed by atoms with Gasteiger partial charge in [-0.1, -0.05) is 44.1 Å². The number of para-hydroxylation sites is 1. The molecule has 44 heavy (non-hydrogen) atoms. The number of oxime groups is 1. The summed E-state index contributed by atoms with van der Waals surface area (Å²) in [7, 11) is 1.67. The number of carbonyl (C=O) groups excluding carboxylic acids is 1. The minimum Gasteiger partial charge on any atom is -0.481 e. The fourth-order valence-electron chi connectivity index (χ4n) is 11.1. The van der Waals surface area contributed by atoms with E-state index in [2.05, 4.69) is 36.2 Å². The third kappa shape index (κ3) is 5.80. The van der Waals surface area contributed by atoms with Crippen LogP contribution in [0.3, 0.4) is 0 Å². The van der Waals surface area contributed by atoms with Crippen molar-refractivity contribution in [2.45, 2.75) is 110 Å². The Balaban J connectivity index is 1.06. The number of rotatable bonds is 10. The zero-order valence-corrected chi connectivity index (χ0v) is 27.2. The van der Waals surface area contributed by atoms with Crippen LogP contribution >= 0.6 is 0 Å². The zero-order valence-electron chi connectivity index (χ0n) is 27.2. The van der Waals surface area contributed by atoms with Crippen molar-refractivity contribution in [1.82, 2.24) is 10.3 Å². The van der Waals surface area contributed by atoms with Gasteiger partial charge < -0.3 is 20.2 Å². The lowest BCUT2D eigenvalue weighted by molar-refractivity contribution is -0.137. The number of hydrogen-bond acceptors (Lipinski definition) is 4. The Morgan fingerprint density at radius 2 is 1.89 bits per heavy atom. The lowest BCUT2D eigenvalue weighted by Gasteiger charge is -2.60. The molecule has 0 spiro atoms. The summed E-state index contributed by atoms with van der Waals surface area (Å²) < 4.78 is 0. The SMILES string of the molecule is CO/N=C1\CC[C@@]2(C)[C@H](CC[C@@H]3[C@@H]2CC[C@]2(C)[C@@H]([C@H](C)CCC(=O)N[C@H](CC(=O)O)Cc4c[nH]c5ccccc45)CC[C@@H]32)C1. The quantitative estimate of drug-likeness (QED) is 0.242. The third-order valence-corrected chi connectivity index (χ3v) is 13.2. The normalized spacial score (nSPS) is 35.4. The number of nitrogens with one attached hydrogen (secondary N) is 2.